The molecule has 0 radical (unpaired) electrons. The van der Waals surface area contributed by atoms with Gasteiger partial charge in [-0.15, -0.1) is 10.2 Å². The minimum absolute atomic E-state index is 0.175. The van der Waals surface area contributed by atoms with Crippen LogP contribution >= 0.6 is 11.3 Å². The van der Waals surface area contributed by atoms with E-state index in [2.05, 4.69) is 22.2 Å². The number of hydrogen-bond donors (Lipinski definition) is 1. The van der Waals surface area contributed by atoms with Gasteiger partial charge in [-0.2, -0.15) is 22.8 Å². The number of alkyl halides is 3. The Labute approximate surface area is 111 Å². The maximum atomic E-state index is 12.6. The van der Waals surface area contributed by atoms with Crippen molar-refractivity contribution in [1.82, 2.24) is 19.8 Å². The molecule has 106 valence electrons. The maximum absolute atomic E-state index is 12.6. The molecule has 5 nitrogen and oxygen atoms in total. The SMILES string of the molecule is CC(CCN)CCc1nn2c(C(F)(F)F)nnc2s1. The number of hydrogen-bond acceptors (Lipinski definition) is 5. The molecule has 19 heavy (non-hydrogen) atoms. The fourth-order valence-electron chi connectivity index (χ4n) is 1.73. The van der Waals surface area contributed by atoms with E-state index in [9.17, 15) is 13.2 Å². The molecule has 0 aliphatic heterocycles. The number of fused-ring (bicyclic) bond motifs is 1. The van der Waals surface area contributed by atoms with Gasteiger partial charge in [0.1, 0.15) is 5.01 Å². The van der Waals surface area contributed by atoms with Crippen LogP contribution in [0.1, 0.15) is 30.6 Å². The molecule has 0 aliphatic carbocycles. The first-order valence-electron chi connectivity index (χ1n) is 5.90. The Hall–Kier alpha value is -1.22. The molecule has 2 aromatic heterocycles. The van der Waals surface area contributed by atoms with E-state index in [1.165, 1.54) is 0 Å². The van der Waals surface area contributed by atoms with Crippen LogP contribution in [-0.4, -0.2) is 26.4 Å². The zero-order valence-corrected chi connectivity index (χ0v) is 11.1. The fraction of sp³-hybridized carbons (Fsp3) is 0.700. The summed E-state index contributed by atoms with van der Waals surface area (Å²) in [5, 5.41) is 11.2. The molecule has 2 N–H and O–H groups in total. The number of nitrogens with two attached hydrogens (primary N) is 1. The predicted molar refractivity (Wildman–Crippen MR) is 64.8 cm³/mol. The Morgan fingerprint density at radius 1 is 1.32 bits per heavy atom. The van der Waals surface area contributed by atoms with Gasteiger partial charge in [0, 0.05) is 6.42 Å². The molecule has 0 amide bonds. The van der Waals surface area contributed by atoms with Gasteiger partial charge in [0.05, 0.1) is 0 Å². The molecule has 2 aromatic rings. The Kier molecular flexibility index (Phi) is 4.04. The summed E-state index contributed by atoms with van der Waals surface area (Å²) in [7, 11) is 0. The first-order valence-corrected chi connectivity index (χ1v) is 6.72. The molecule has 0 aromatic carbocycles. The van der Waals surface area contributed by atoms with E-state index < -0.39 is 12.0 Å². The molecule has 9 heteroatoms. The molecule has 0 saturated heterocycles. The standard InChI is InChI=1S/C10H14F3N5S/c1-6(4-5-14)2-3-7-17-18-8(10(11,12)13)15-16-9(18)19-7/h6H,2-5,14H2,1H3. The zero-order valence-electron chi connectivity index (χ0n) is 10.3. The molecule has 0 aliphatic rings. The van der Waals surface area contributed by atoms with Crippen LogP contribution in [0.2, 0.25) is 0 Å². The Bertz CT molecular complexity index is 547. The van der Waals surface area contributed by atoms with Gasteiger partial charge in [-0.25, -0.2) is 0 Å². The van der Waals surface area contributed by atoms with E-state index in [4.69, 9.17) is 5.73 Å². The van der Waals surface area contributed by atoms with Crippen molar-refractivity contribution in [1.29, 1.82) is 0 Å². The molecular weight excluding hydrogens is 279 g/mol. The van der Waals surface area contributed by atoms with E-state index in [1.54, 1.807) is 0 Å². The van der Waals surface area contributed by atoms with Gasteiger partial charge in [0.2, 0.25) is 4.96 Å². The van der Waals surface area contributed by atoms with Crippen molar-refractivity contribution >= 4 is 16.3 Å². The second-order valence-electron chi connectivity index (χ2n) is 4.43. The number of aryl methyl sites for hydroxylation is 1. The van der Waals surface area contributed by atoms with Gasteiger partial charge in [0.25, 0.3) is 5.82 Å². The number of nitrogens with zero attached hydrogens (tertiary/aromatic N) is 4. The van der Waals surface area contributed by atoms with Crippen LogP contribution in [0.3, 0.4) is 0 Å². The number of halogens is 3. The molecular formula is C10H14F3N5S. The molecule has 2 heterocycles. The van der Waals surface area contributed by atoms with Crippen molar-refractivity contribution < 1.29 is 13.2 Å². The highest BCUT2D eigenvalue weighted by Gasteiger charge is 2.38. The third kappa shape index (κ3) is 3.21. The van der Waals surface area contributed by atoms with E-state index in [0.29, 0.717) is 23.9 Å². The highest BCUT2D eigenvalue weighted by Crippen LogP contribution is 2.29. The molecule has 0 saturated carbocycles. The van der Waals surface area contributed by atoms with Crippen LogP contribution in [0.25, 0.3) is 4.96 Å². The molecule has 2 rings (SSSR count). The molecule has 1 atom stereocenters. The normalized spacial score (nSPS) is 14.2. The summed E-state index contributed by atoms with van der Waals surface area (Å²) < 4.78 is 38.6. The second-order valence-corrected chi connectivity index (χ2v) is 5.47. The van der Waals surface area contributed by atoms with E-state index in [1.807, 2.05) is 0 Å². The molecule has 0 bridgehead atoms. The van der Waals surface area contributed by atoms with Crippen molar-refractivity contribution in [3.8, 4) is 0 Å². The second kappa shape index (κ2) is 5.41. The summed E-state index contributed by atoms with van der Waals surface area (Å²) in [6, 6.07) is 0. The van der Waals surface area contributed by atoms with Crippen LogP contribution in [0.5, 0.6) is 0 Å². The molecule has 1 unspecified atom stereocenters. The van der Waals surface area contributed by atoms with Crippen LogP contribution in [0, 0.1) is 5.92 Å². The first kappa shape index (κ1) is 14.2. The highest BCUT2D eigenvalue weighted by atomic mass is 32.1. The highest BCUT2D eigenvalue weighted by molar-refractivity contribution is 7.16. The Balaban J connectivity index is 2.12. The third-order valence-corrected chi connectivity index (χ3v) is 3.76. The quantitative estimate of drug-likeness (QED) is 0.917. The van der Waals surface area contributed by atoms with Crippen molar-refractivity contribution in [3.63, 3.8) is 0 Å². The maximum Gasteiger partial charge on any atom is 0.453 e. The van der Waals surface area contributed by atoms with Crippen molar-refractivity contribution in [3.05, 3.63) is 10.8 Å². The molecule has 0 fully saturated rings. The smallest absolute Gasteiger partial charge is 0.330 e. The molecule has 0 spiro atoms. The minimum atomic E-state index is -4.53. The topological polar surface area (TPSA) is 69.1 Å². The summed E-state index contributed by atoms with van der Waals surface area (Å²) >= 11 is 1.14. The Morgan fingerprint density at radius 2 is 2.05 bits per heavy atom. The monoisotopic (exact) mass is 293 g/mol. The Morgan fingerprint density at radius 3 is 2.68 bits per heavy atom. The number of rotatable bonds is 5. The van der Waals surface area contributed by atoms with Crippen molar-refractivity contribution in [2.45, 2.75) is 32.4 Å². The summed E-state index contributed by atoms with van der Waals surface area (Å²) in [5.41, 5.74) is 5.45. The largest absolute Gasteiger partial charge is 0.453 e. The summed E-state index contributed by atoms with van der Waals surface area (Å²) in [4.78, 5) is 0.175. The van der Waals surface area contributed by atoms with Gasteiger partial charge in [0.15, 0.2) is 0 Å². The van der Waals surface area contributed by atoms with Crippen molar-refractivity contribution in [2.24, 2.45) is 11.7 Å². The average Bonchev–Trinajstić information content (AvgIpc) is 2.83. The third-order valence-electron chi connectivity index (χ3n) is 2.80. The van der Waals surface area contributed by atoms with Gasteiger partial charge >= 0.3 is 6.18 Å². The van der Waals surface area contributed by atoms with Crippen LogP contribution in [-0.2, 0) is 12.6 Å². The number of aromatic nitrogens is 4. The van der Waals surface area contributed by atoms with E-state index >= 15 is 0 Å². The van der Waals surface area contributed by atoms with E-state index in [0.717, 1.165) is 28.7 Å². The lowest BCUT2D eigenvalue weighted by atomic mass is 10.0. The van der Waals surface area contributed by atoms with Gasteiger partial charge in [-0.3, -0.25) is 0 Å². The zero-order chi connectivity index (χ0) is 14.0. The van der Waals surface area contributed by atoms with Gasteiger partial charge < -0.3 is 5.73 Å². The minimum Gasteiger partial charge on any atom is -0.330 e. The summed E-state index contributed by atoms with van der Waals surface area (Å²) in [6.45, 7) is 2.68. The average molecular weight is 293 g/mol. The van der Waals surface area contributed by atoms with Crippen LogP contribution in [0.15, 0.2) is 0 Å². The lowest BCUT2D eigenvalue weighted by Crippen LogP contribution is -2.11. The predicted octanol–water partition coefficient (Wildman–Crippen LogP) is 2.12. The van der Waals surface area contributed by atoms with Gasteiger partial charge in [-0.05, 0) is 25.3 Å². The summed E-state index contributed by atoms with van der Waals surface area (Å²) in [6.07, 6.45) is -2.15. The van der Waals surface area contributed by atoms with Crippen molar-refractivity contribution in [2.75, 3.05) is 6.54 Å². The lowest BCUT2D eigenvalue weighted by Gasteiger charge is -2.07. The lowest BCUT2D eigenvalue weighted by molar-refractivity contribution is -0.146. The first-order chi connectivity index (χ1) is 8.91. The van der Waals surface area contributed by atoms with Gasteiger partial charge in [-0.1, -0.05) is 18.3 Å². The van der Waals surface area contributed by atoms with Crippen LogP contribution < -0.4 is 5.73 Å². The van der Waals surface area contributed by atoms with Crippen LogP contribution in [0.4, 0.5) is 13.2 Å². The van der Waals surface area contributed by atoms with E-state index in [-0.39, 0.29) is 4.96 Å². The summed E-state index contributed by atoms with van der Waals surface area (Å²) in [5.74, 6) is -0.638. The fourth-order valence-corrected chi connectivity index (χ4v) is 2.58.